The summed E-state index contributed by atoms with van der Waals surface area (Å²) in [4.78, 5) is 8.56. The second kappa shape index (κ2) is 6.77. The lowest BCUT2D eigenvalue weighted by atomic mass is 9.83. The summed E-state index contributed by atoms with van der Waals surface area (Å²) in [5.74, 6) is 2.25. The van der Waals surface area contributed by atoms with Crippen LogP contribution in [0.2, 0.25) is 0 Å². The van der Waals surface area contributed by atoms with Crippen molar-refractivity contribution in [3.8, 4) is 5.75 Å². The predicted molar refractivity (Wildman–Crippen MR) is 82.4 cm³/mol. The normalized spacial score (nSPS) is 16.9. The SMILES string of the molecule is CCNc1ncnc(NCC2(CC)CCCC2)c1OC. The summed E-state index contributed by atoms with van der Waals surface area (Å²) in [7, 11) is 1.66. The van der Waals surface area contributed by atoms with Gasteiger partial charge in [-0.2, -0.15) is 0 Å². The summed E-state index contributed by atoms with van der Waals surface area (Å²) in [5, 5.41) is 6.68. The van der Waals surface area contributed by atoms with Crippen molar-refractivity contribution in [2.75, 3.05) is 30.8 Å². The summed E-state index contributed by atoms with van der Waals surface area (Å²) >= 11 is 0. The van der Waals surface area contributed by atoms with Crippen LogP contribution in [-0.4, -0.2) is 30.2 Å². The highest BCUT2D eigenvalue weighted by atomic mass is 16.5. The Morgan fingerprint density at radius 3 is 2.35 bits per heavy atom. The van der Waals surface area contributed by atoms with Gasteiger partial charge in [0.1, 0.15) is 6.33 Å². The van der Waals surface area contributed by atoms with Crippen LogP contribution in [-0.2, 0) is 0 Å². The van der Waals surface area contributed by atoms with E-state index in [1.54, 1.807) is 13.4 Å². The van der Waals surface area contributed by atoms with Gasteiger partial charge in [0.2, 0.25) is 5.75 Å². The zero-order valence-corrected chi connectivity index (χ0v) is 12.8. The van der Waals surface area contributed by atoms with E-state index in [0.717, 1.165) is 24.7 Å². The zero-order valence-electron chi connectivity index (χ0n) is 12.8. The molecule has 0 unspecified atom stereocenters. The number of nitrogens with one attached hydrogen (secondary N) is 2. The maximum Gasteiger partial charge on any atom is 0.204 e. The molecule has 0 aromatic carbocycles. The standard InChI is InChI=1S/C15H26N4O/c1-4-15(8-6-7-9-15)10-17-14-12(20-3)13(16-5-2)18-11-19-14/h11H,4-10H2,1-3H3,(H2,16,17,18,19). The van der Waals surface area contributed by atoms with Gasteiger partial charge in [-0.25, -0.2) is 9.97 Å². The van der Waals surface area contributed by atoms with E-state index < -0.39 is 0 Å². The smallest absolute Gasteiger partial charge is 0.204 e. The van der Waals surface area contributed by atoms with Crippen LogP contribution >= 0.6 is 0 Å². The van der Waals surface area contributed by atoms with E-state index in [-0.39, 0.29) is 0 Å². The maximum atomic E-state index is 5.46. The fraction of sp³-hybridized carbons (Fsp3) is 0.733. The Balaban J connectivity index is 2.10. The minimum atomic E-state index is 0.425. The second-order valence-electron chi connectivity index (χ2n) is 5.55. The second-order valence-corrected chi connectivity index (χ2v) is 5.55. The van der Waals surface area contributed by atoms with Gasteiger partial charge in [-0.15, -0.1) is 0 Å². The molecule has 0 amide bonds. The fourth-order valence-corrected chi connectivity index (χ4v) is 3.04. The van der Waals surface area contributed by atoms with Crippen molar-refractivity contribution < 1.29 is 4.74 Å². The van der Waals surface area contributed by atoms with E-state index in [9.17, 15) is 0 Å². The molecule has 0 atom stereocenters. The lowest BCUT2D eigenvalue weighted by Gasteiger charge is -2.28. The molecule has 2 N–H and O–H groups in total. The number of aromatic nitrogens is 2. The molecule has 2 rings (SSSR count). The van der Waals surface area contributed by atoms with E-state index >= 15 is 0 Å². The first kappa shape index (κ1) is 14.9. The lowest BCUT2D eigenvalue weighted by Crippen LogP contribution is -2.26. The van der Waals surface area contributed by atoms with Gasteiger partial charge in [-0.1, -0.05) is 19.8 Å². The number of hydrogen-bond acceptors (Lipinski definition) is 5. The van der Waals surface area contributed by atoms with Crippen molar-refractivity contribution in [2.24, 2.45) is 5.41 Å². The number of rotatable bonds is 7. The van der Waals surface area contributed by atoms with Crippen molar-refractivity contribution >= 4 is 11.6 Å². The minimum absolute atomic E-state index is 0.425. The van der Waals surface area contributed by atoms with Gasteiger partial charge in [-0.3, -0.25) is 0 Å². The number of anilines is 2. The summed E-state index contributed by atoms with van der Waals surface area (Å²) in [6.07, 6.45) is 8.11. The maximum absolute atomic E-state index is 5.46. The van der Waals surface area contributed by atoms with Crippen molar-refractivity contribution in [3.63, 3.8) is 0 Å². The van der Waals surface area contributed by atoms with Crippen molar-refractivity contribution in [1.82, 2.24) is 9.97 Å². The van der Waals surface area contributed by atoms with Gasteiger partial charge in [0.25, 0.3) is 0 Å². The summed E-state index contributed by atoms with van der Waals surface area (Å²) in [5.41, 5.74) is 0.425. The number of nitrogens with zero attached hydrogens (tertiary/aromatic N) is 2. The predicted octanol–water partition coefficient (Wildman–Crippen LogP) is 3.30. The van der Waals surface area contributed by atoms with E-state index in [1.807, 2.05) is 6.92 Å². The molecule has 0 saturated heterocycles. The molecule has 112 valence electrons. The molecule has 1 saturated carbocycles. The van der Waals surface area contributed by atoms with Gasteiger partial charge < -0.3 is 15.4 Å². The van der Waals surface area contributed by atoms with Crippen LogP contribution in [0.25, 0.3) is 0 Å². The third-order valence-corrected chi connectivity index (χ3v) is 4.40. The first-order chi connectivity index (χ1) is 9.74. The van der Waals surface area contributed by atoms with Gasteiger partial charge in [0.15, 0.2) is 11.6 Å². The van der Waals surface area contributed by atoms with E-state index in [0.29, 0.717) is 11.2 Å². The third kappa shape index (κ3) is 3.14. The zero-order chi connectivity index (χ0) is 14.4. The van der Waals surface area contributed by atoms with Crippen LogP contribution in [0.1, 0.15) is 46.0 Å². The van der Waals surface area contributed by atoms with Crippen molar-refractivity contribution in [1.29, 1.82) is 0 Å². The molecule has 1 aromatic rings. The van der Waals surface area contributed by atoms with E-state index in [4.69, 9.17) is 4.74 Å². The highest BCUT2D eigenvalue weighted by Crippen LogP contribution is 2.41. The van der Waals surface area contributed by atoms with E-state index in [2.05, 4.69) is 27.5 Å². The summed E-state index contributed by atoms with van der Waals surface area (Å²) < 4.78 is 5.46. The van der Waals surface area contributed by atoms with E-state index in [1.165, 1.54) is 32.1 Å². The average molecular weight is 278 g/mol. The number of methoxy groups -OCH3 is 1. The molecule has 0 aliphatic heterocycles. The third-order valence-electron chi connectivity index (χ3n) is 4.40. The molecule has 1 aliphatic carbocycles. The van der Waals surface area contributed by atoms with Gasteiger partial charge in [0.05, 0.1) is 7.11 Å². The molecule has 0 bridgehead atoms. The topological polar surface area (TPSA) is 59.1 Å². The van der Waals surface area contributed by atoms with Crippen LogP contribution < -0.4 is 15.4 Å². The molecule has 1 aliphatic rings. The van der Waals surface area contributed by atoms with Crippen molar-refractivity contribution in [3.05, 3.63) is 6.33 Å². The molecule has 1 aromatic heterocycles. The Morgan fingerprint density at radius 2 is 1.80 bits per heavy atom. The van der Waals surface area contributed by atoms with Crippen LogP contribution in [0.15, 0.2) is 6.33 Å². The first-order valence-electron chi connectivity index (χ1n) is 7.61. The van der Waals surface area contributed by atoms with Crippen LogP contribution in [0.5, 0.6) is 5.75 Å². The Kier molecular flexibility index (Phi) is 5.04. The highest BCUT2D eigenvalue weighted by Gasteiger charge is 2.32. The Bertz CT molecular complexity index is 430. The number of hydrogen-bond donors (Lipinski definition) is 2. The Hall–Kier alpha value is -1.52. The largest absolute Gasteiger partial charge is 0.490 e. The molecule has 1 heterocycles. The van der Waals surface area contributed by atoms with Crippen LogP contribution in [0, 0.1) is 5.41 Å². The summed E-state index contributed by atoms with van der Waals surface area (Å²) in [6, 6.07) is 0. The molecule has 0 spiro atoms. The van der Waals surface area contributed by atoms with Gasteiger partial charge in [-0.05, 0) is 31.6 Å². The molecule has 5 nitrogen and oxygen atoms in total. The molecule has 20 heavy (non-hydrogen) atoms. The average Bonchev–Trinajstić information content (AvgIpc) is 2.95. The summed E-state index contributed by atoms with van der Waals surface area (Å²) in [6.45, 7) is 6.10. The molecule has 1 fully saturated rings. The van der Waals surface area contributed by atoms with Crippen LogP contribution in [0.3, 0.4) is 0 Å². The first-order valence-corrected chi connectivity index (χ1v) is 7.61. The molecule has 0 radical (unpaired) electrons. The highest BCUT2D eigenvalue weighted by molar-refractivity contribution is 5.63. The Labute approximate surface area is 121 Å². The monoisotopic (exact) mass is 278 g/mol. The van der Waals surface area contributed by atoms with Crippen molar-refractivity contribution in [2.45, 2.75) is 46.0 Å². The Morgan fingerprint density at radius 1 is 1.15 bits per heavy atom. The quantitative estimate of drug-likeness (QED) is 0.801. The molecular formula is C15H26N4O. The van der Waals surface area contributed by atoms with Crippen LogP contribution in [0.4, 0.5) is 11.6 Å². The molecular weight excluding hydrogens is 252 g/mol. The fourth-order valence-electron chi connectivity index (χ4n) is 3.04. The van der Waals surface area contributed by atoms with Gasteiger partial charge in [0, 0.05) is 13.1 Å². The molecule has 5 heteroatoms. The van der Waals surface area contributed by atoms with Gasteiger partial charge >= 0.3 is 0 Å². The number of ether oxygens (including phenoxy) is 1. The lowest BCUT2D eigenvalue weighted by molar-refractivity contribution is 0.306. The minimum Gasteiger partial charge on any atom is -0.490 e.